The van der Waals surface area contributed by atoms with Gasteiger partial charge in [0, 0.05) is 0 Å². The van der Waals surface area contributed by atoms with E-state index in [1.54, 1.807) is 31.2 Å². The molecule has 28 heavy (non-hydrogen) atoms. The van der Waals surface area contributed by atoms with E-state index in [2.05, 4.69) is 5.32 Å². The highest BCUT2D eigenvalue weighted by atomic mass is 19.1. The summed E-state index contributed by atoms with van der Waals surface area (Å²) in [6.07, 6.45) is 0. The highest BCUT2D eigenvalue weighted by molar-refractivity contribution is 6.06. The molecule has 0 saturated heterocycles. The standard InChI is InChI=1S/C22H17F2NO3/c1-13-5-3-7-15(9-13)16-10-18(23)20(19(24)11-16)25-22(27)17-8-4-6-14(2)21(17)28-12-26/h3-12H,1-2H3,(H,25,27). The number of amides is 1. The zero-order valence-corrected chi connectivity index (χ0v) is 15.3. The molecule has 0 bridgehead atoms. The van der Waals surface area contributed by atoms with E-state index >= 15 is 0 Å². The monoisotopic (exact) mass is 381 g/mol. The Morgan fingerprint density at radius 2 is 1.64 bits per heavy atom. The van der Waals surface area contributed by atoms with Crippen molar-refractivity contribution in [3.05, 3.63) is 82.9 Å². The number of carbonyl (C=O) groups is 2. The first-order valence-electron chi connectivity index (χ1n) is 8.48. The van der Waals surface area contributed by atoms with Gasteiger partial charge in [0.1, 0.15) is 23.1 Å². The van der Waals surface area contributed by atoms with Crippen LogP contribution in [0.5, 0.6) is 5.75 Å². The number of benzene rings is 3. The summed E-state index contributed by atoms with van der Waals surface area (Å²) in [5, 5.41) is 2.23. The van der Waals surface area contributed by atoms with E-state index in [9.17, 15) is 18.4 Å². The lowest BCUT2D eigenvalue weighted by Gasteiger charge is -2.13. The van der Waals surface area contributed by atoms with Crippen molar-refractivity contribution in [1.29, 1.82) is 0 Å². The second-order valence-electron chi connectivity index (χ2n) is 6.30. The van der Waals surface area contributed by atoms with Crippen LogP contribution in [0.2, 0.25) is 0 Å². The van der Waals surface area contributed by atoms with Gasteiger partial charge in [0.25, 0.3) is 12.4 Å². The molecule has 0 heterocycles. The van der Waals surface area contributed by atoms with Gasteiger partial charge in [-0.2, -0.15) is 0 Å². The average Bonchev–Trinajstić information content (AvgIpc) is 2.66. The first-order chi connectivity index (χ1) is 13.4. The van der Waals surface area contributed by atoms with Crippen molar-refractivity contribution in [1.82, 2.24) is 0 Å². The molecule has 0 aliphatic carbocycles. The predicted octanol–water partition coefficient (Wildman–Crippen LogP) is 5.04. The van der Waals surface area contributed by atoms with Crippen LogP contribution in [0.1, 0.15) is 21.5 Å². The van der Waals surface area contributed by atoms with Gasteiger partial charge < -0.3 is 10.1 Å². The molecule has 142 valence electrons. The minimum atomic E-state index is -0.907. The maximum atomic E-state index is 14.6. The van der Waals surface area contributed by atoms with Gasteiger partial charge >= 0.3 is 0 Å². The van der Waals surface area contributed by atoms with Gasteiger partial charge in [-0.1, -0.05) is 42.0 Å². The first kappa shape index (κ1) is 19.2. The molecule has 0 aliphatic heterocycles. The summed E-state index contributed by atoms with van der Waals surface area (Å²) >= 11 is 0. The van der Waals surface area contributed by atoms with E-state index in [1.165, 1.54) is 6.07 Å². The van der Waals surface area contributed by atoms with Crippen LogP contribution in [0.3, 0.4) is 0 Å². The summed E-state index contributed by atoms with van der Waals surface area (Å²) in [7, 11) is 0. The normalized spacial score (nSPS) is 10.4. The van der Waals surface area contributed by atoms with Gasteiger partial charge in [-0.15, -0.1) is 0 Å². The Kier molecular flexibility index (Phi) is 5.49. The van der Waals surface area contributed by atoms with Crippen LogP contribution in [0.25, 0.3) is 11.1 Å². The third-order valence-corrected chi connectivity index (χ3v) is 4.25. The molecular formula is C22H17F2NO3. The summed E-state index contributed by atoms with van der Waals surface area (Å²) in [6, 6.07) is 14.2. The topological polar surface area (TPSA) is 55.4 Å². The zero-order chi connectivity index (χ0) is 20.3. The minimum absolute atomic E-state index is 0.00587. The Labute approximate surface area is 160 Å². The van der Waals surface area contributed by atoms with Crippen LogP contribution in [0.15, 0.2) is 54.6 Å². The van der Waals surface area contributed by atoms with Gasteiger partial charge in [-0.25, -0.2) is 8.78 Å². The van der Waals surface area contributed by atoms with Crippen LogP contribution in [-0.4, -0.2) is 12.4 Å². The molecule has 0 aromatic heterocycles. The maximum absolute atomic E-state index is 14.6. The van der Waals surface area contributed by atoms with Crippen LogP contribution >= 0.6 is 0 Å². The number of aryl methyl sites for hydroxylation is 2. The van der Waals surface area contributed by atoms with Crippen molar-refractivity contribution in [3.63, 3.8) is 0 Å². The lowest BCUT2D eigenvalue weighted by molar-refractivity contribution is -0.120. The van der Waals surface area contributed by atoms with Crippen LogP contribution < -0.4 is 10.1 Å². The van der Waals surface area contributed by atoms with Gasteiger partial charge in [0.05, 0.1) is 5.56 Å². The molecule has 0 radical (unpaired) electrons. The first-order valence-corrected chi connectivity index (χ1v) is 8.48. The molecular weight excluding hydrogens is 364 g/mol. The fourth-order valence-corrected chi connectivity index (χ4v) is 2.90. The maximum Gasteiger partial charge on any atom is 0.298 e. The molecule has 0 unspecified atom stereocenters. The summed E-state index contributed by atoms with van der Waals surface area (Å²) in [4.78, 5) is 23.2. The number of ether oxygens (including phenoxy) is 1. The van der Waals surface area contributed by atoms with E-state index in [0.29, 0.717) is 16.7 Å². The Morgan fingerprint density at radius 3 is 2.29 bits per heavy atom. The number of carbonyl (C=O) groups excluding carboxylic acids is 2. The highest BCUT2D eigenvalue weighted by Gasteiger charge is 2.19. The Hall–Kier alpha value is -3.54. The number of rotatable bonds is 5. The van der Waals surface area contributed by atoms with Crippen LogP contribution in [-0.2, 0) is 4.79 Å². The number of nitrogens with one attached hydrogen (secondary N) is 1. The van der Waals surface area contributed by atoms with Crippen LogP contribution in [0.4, 0.5) is 14.5 Å². The minimum Gasteiger partial charge on any atom is -0.428 e. The molecule has 1 N–H and O–H groups in total. The summed E-state index contributed by atoms with van der Waals surface area (Å²) < 4.78 is 34.0. The number of hydrogen-bond donors (Lipinski definition) is 1. The fourth-order valence-electron chi connectivity index (χ4n) is 2.90. The molecule has 0 atom stereocenters. The van der Waals surface area contributed by atoms with E-state index in [4.69, 9.17) is 4.74 Å². The third-order valence-electron chi connectivity index (χ3n) is 4.25. The number of anilines is 1. The van der Waals surface area contributed by atoms with Crippen molar-refractivity contribution >= 4 is 18.1 Å². The molecule has 0 aliphatic rings. The van der Waals surface area contributed by atoms with E-state index in [1.807, 2.05) is 19.1 Å². The van der Waals surface area contributed by atoms with Crippen molar-refractivity contribution in [2.24, 2.45) is 0 Å². The van der Waals surface area contributed by atoms with Crippen LogP contribution in [0, 0.1) is 25.5 Å². The Balaban J connectivity index is 1.94. The van der Waals surface area contributed by atoms with E-state index < -0.39 is 23.2 Å². The zero-order valence-electron chi connectivity index (χ0n) is 15.3. The SMILES string of the molecule is Cc1cccc(-c2cc(F)c(NC(=O)c3cccc(C)c3OC=O)c(F)c2)c1. The fraction of sp³-hybridized carbons (Fsp3) is 0.0909. The molecule has 3 rings (SSSR count). The van der Waals surface area contributed by atoms with Gasteiger partial charge in [-0.3, -0.25) is 9.59 Å². The van der Waals surface area contributed by atoms with Gasteiger partial charge in [0.2, 0.25) is 0 Å². The lowest BCUT2D eigenvalue weighted by atomic mass is 10.0. The average molecular weight is 381 g/mol. The summed E-state index contributed by atoms with van der Waals surface area (Å²) in [5.41, 5.74) is 1.94. The second kappa shape index (κ2) is 8.00. The van der Waals surface area contributed by atoms with Gasteiger partial charge in [0.15, 0.2) is 0 Å². The molecule has 0 fully saturated rings. The molecule has 4 nitrogen and oxygen atoms in total. The Morgan fingerprint density at radius 1 is 0.964 bits per heavy atom. The highest BCUT2D eigenvalue weighted by Crippen LogP contribution is 2.29. The molecule has 0 saturated carbocycles. The third kappa shape index (κ3) is 3.91. The van der Waals surface area contributed by atoms with E-state index in [0.717, 1.165) is 17.7 Å². The summed E-state index contributed by atoms with van der Waals surface area (Å²) in [5.74, 6) is -2.57. The largest absolute Gasteiger partial charge is 0.428 e. The lowest BCUT2D eigenvalue weighted by Crippen LogP contribution is -2.16. The van der Waals surface area contributed by atoms with Crippen molar-refractivity contribution in [3.8, 4) is 16.9 Å². The number of para-hydroxylation sites is 1. The molecule has 3 aromatic carbocycles. The molecule has 3 aromatic rings. The van der Waals surface area contributed by atoms with Crippen molar-refractivity contribution < 1.29 is 23.1 Å². The smallest absolute Gasteiger partial charge is 0.298 e. The number of halogens is 2. The second-order valence-corrected chi connectivity index (χ2v) is 6.30. The Bertz CT molecular complexity index is 1040. The quantitative estimate of drug-likeness (QED) is 0.630. The predicted molar refractivity (Wildman–Crippen MR) is 102 cm³/mol. The van der Waals surface area contributed by atoms with Crippen molar-refractivity contribution in [2.75, 3.05) is 5.32 Å². The molecule has 6 heteroatoms. The number of hydrogen-bond acceptors (Lipinski definition) is 3. The van der Waals surface area contributed by atoms with E-state index in [-0.39, 0.29) is 17.8 Å². The summed E-state index contributed by atoms with van der Waals surface area (Å²) in [6.45, 7) is 3.72. The van der Waals surface area contributed by atoms with Gasteiger partial charge in [-0.05, 0) is 48.7 Å². The molecule has 0 spiro atoms. The van der Waals surface area contributed by atoms with Crippen molar-refractivity contribution in [2.45, 2.75) is 13.8 Å². The molecule has 1 amide bonds.